The van der Waals surface area contributed by atoms with Crippen molar-refractivity contribution in [3.8, 4) is 0 Å². The summed E-state index contributed by atoms with van der Waals surface area (Å²) in [5.41, 5.74) is 5.32. The van der Waals surface area contributed by atoms with Gasteiger partial charge in [0.05, 0.1) is 16.2 Å². The molecule has 0 unspecified atom stereocenters. The molecule has 0 aliphatic rings. The van der Waals surface area contributed by atoms with Crippen molar-refractivity contribution in [2.24, 2.45) is 5.84 Å². The van der Waals surface area contributed by atoms with Gasteiger partial charge in [-0.3, -0.25) is 10.8 Å². The van der Waals surface area contributed by atoms with Gasteiger partial charge >= 0.3 is 0 Å². The monoisotopic (exact) mass is 207 g/mol. The van der Waals surface area contributed by atoms with Gasteiger partial charge in [0.2, 0.25) is 0 Å². The lowest BCUT2D eigenvalue weighted by Crippen LogP contribution is -2.07. The van der Waals surface area contributed by atoms with Crippen LogP contribution in [0.25, 0.3) is 10.9 Å². The standard InChI is InChI=1S/C10H10ClN3/c1-6-4-7-9(14-12)2-3-13-10(7)8(11)5-6/h2-5H,12H2,1H3,(H,13,14). The quantitative estimate of drug-likeness (QED) is 0.558. The maximum absolute atomic E-state index is 6.06. The highest BCUT2D eigenvalue weighted by Gasteiger charge is 2.04. The first-order valence-corrected chi connectivity index (χ1v) is 4.61. The van der Waals surface area contributed by atoms with Crippen LogP contribution in [0, 0.1) is 6.92 Å². The Bertz CT molecular complexity index is 482. The molecule has 14 heavy (non-hydrogen) atoms. The molecule has 0 aliphatic heterocycles. The van der Waals surface area contributed by atoms with Crippen LogP contribution in [0.5, 0.6) is 0 Å². The second-order valence-electron chi connectivity index (χ2n) is 3.15. The Labute approximate surface area is 86.9 Å². The summed E-state index contributed by atoms with van der Waals surface area (Å²) >= 11 is 6.06. The van der Waals surface area contributed by atoms with Crippen LogP contribution in [-0.2, 0) is 0 Å². The minimum atomic E-state index is 0.650. The predicted octanol–water partition coefficient (Wildman–Crippen LogP) is 2.48. The van der Waals surface area contributed by atoms with Crippen molar-refractivity contribution in [2.75, 3.05) is 5.43 Å². The number of rotatable bonds is 1. The van der Waals surface area contributed by atoms with Crippen LogP contribution < -0.4 is 11.3 Å². The molecule has 3 N–H and O–H groups in total. The largest absolute Gasteiger partial charge is 0.323 e. The average molecular weight is 208 g/mol. The van der Waals surface area contributed by atoms with E-state index in [2.05, 4.69) is 10.4 Å². The summed E-state index contributed by atoms with van der Waals surface area (Å²) in [4.78, 5) is 4.20. The minimum Gasteiger partial charge on any atom is -0.323 e. The van der Waals surface area contributed by atoms with Crippen LogP contribution in [0.3, 0.4) is 0 Å². The molecule has 2 rings (SSSR count). The van der Waals surface area contributed by atoms with Crippen LogP contribution in [0.15, 0.2) is 24.4 Å². The first-order valence-electron chi connectivity index (χ1n) is 4.24. The fourth-order valence-corrected chi connectivity index (χ4v) is 1.80. The van der Waals surface area contributed by atoms with Gasteiger partial charge in [-0.2, -0.15) is 0 Å². The topological polar surface area (TPSA) is 50.9 Å². The Hall–Kier alpha value is -1.32. The molecule has 1 aromatic carbocycles. The zero-order valence-electron chi connectivity index (χ0n) is 7.71. The molecule has 0 amide bonds. The van der Waals surface area contributed by atoms with Gasteiger partial charge in [-0.25, -0.2) is 0 Å². The Kier molecular flexibility index (Phi) is 2.27. The maximum Gasteiger partial charge on any atom is 0.0909 e. The van der Waals surface area contributed by atoms with E-state index < -0.39 is 0 Å². The van der Waals surface area contributed by atoms with Gasteiger partial charge in [0.1, 0.15) is 0 Å². The maximum atomic E-state index is 6.06. The van der Waals surface area contributed by atoms with Crippen molar-refractivity contribution in [3.05, 3.63) is 35.0 Å². The summed E-state index contributed by atoms with van der Waals surface area (Å²) in [6, 6.07) is 5.71. The number of hydrazine groups is 1. The van der Waals surface area contributed by atoms with Gasteiger partial charge in [-0.15, -0.1) is 0 Å². The number of pyridine rings is 1. The van der Waals surface area contributed by atoms with E-state index in [1.165, 1.54) is 0 Å². The molecule has 0 saturated carbocycles. The summed E-state index contributed by atoms with van der Waals surface area (Å²) in [7, 11) is 0. The summed E-state index contributed by atoms with van der Waals surface area (Å²) in [6.07, 6.45) is 1.68. The van der Waals surface area contributed by atoms with E-state index in [1.807, 2.05) is 25.1 Å². The Morgan fingerprint density at radius 1 is 1.43 bits per heavy atom. The van der Waals surface area contributed by atoms with Crippen LogP contribution >= 0.6 is 11.6 Å². The lowest BCUT2D eigenvalue weighted by Gasteiger charge is -2.06. The third-order valence-corrected chi connectivity index (χ3v) is 2.39. The molecule has 1 heterocycles. The molecule has 0 aliphatic carbocycles. The molecule has 3 nitrogen and oxygen atoms in total. The van der Waals surface area contributed by atoms with E-state index >= 15 is 0 Å². The number of nitrogens with one attached hydrogen (secondary N) is 1. The Balaban J connectivity index is 2.86. The Morgan fingerprint density at radius 2 is 2.21 bits per heavy atom. The van der Waals surface area contributed by atoms with Crippen LogP contribution in [0.4, 0.5) is 5.69 Å². The molecule has 0 bridgehead atoms. The van der Waals surface area contributed by atoms with Gasteiger partial charge < -0.3 is 5.43 Å². The zero-order chi connectivity index (χ0) is 10.1. The number of nitrogen functional groups attached to an aromatic ring is 1. The van der Waals surface area contributed by atoms with Gasteiger partial charge in [-0.05, 0) is 30.7 Å². The summed E-state index contributed by atoms with van der Waals surface area (Å²) in [5, 5.41) is 1.59. The fraction of sp³-hybridized carbons (Fsp3) is 0.100. The second-order valence-corrected chi connectivity index (χ2v) is 3.55. The normalized spacial score (nSPS) is 10.5. The van der Waals surface area contributed by atoms with Crippen molar-refractivity contribution in [2.45, 2.75) is 6.92 Å². The summed E-state index contributed by atoms with van der Waals surface area (Å²) in [6.45, 7) is 1.98. The Morgan fingerprint density at radius 3 is 2.93 bits per heavy atom. The molecule has 0 radical (unpaired) electrons. The number of aromatic nitrogens is 1. The number of aryl methyl sites for hydroxylation is 1. The lowest BCUT2D eigenvalue weighted by atomic mass is 10.1. The van der Waals surface area contributed by atoms with Gasteiger partial charge in [-0.1, -0.05) is 11.6 Å². The van der Waals surface area contributed by atoms with E-state index in [0.29, 0.717) is 5.02 Å². The van der Waals surface area contributed by atoms with Crippen LogP contribution in [0.1, 0.15) is 5.56 Å². The number of anilines is 1. The third kappa shape index (κ3) is 1.41. The van der Waals surface area contributed by atoms with E-state index in [-0.39, 0.29) is 0 Å². The highest BCUT2D eigenvalue weighted by Crippen LogP contribution is 2.27. The summed E-state index contributed by atoms with van der Waals surface area (Å²) in [5.74, 6) is 5.40. The van der Waals surface area contributed by atoms with Gasteiger partial charge in [0.25, 0.3) is 0 Å². The molecule has 0 atom stereocenters. The van der Waals surface area contributed by atoms with Crippen LogP contribution in [0.2, 0.25) is 5.02 Å². The number of fused-ring (bicyclic) bond motifs is 1. The first-order chi connectivity index (χ1) is 6.72. The molecule has 72 valence electrons. The van der Waals surface area contributed by atoms with Crippen molar-refractivity contribution < 1.29 is 0 Å². The fourth-order valence-electron chi connectivity index (χ4n) is 1.47. The molecule has 0 fully saturated rings. The second kappa shape index (κ2) is 3.44. The number of hydrogen-bond acceptors (Lipinski definition) is 3. The summed E-state index contributed by atoms with van der Waals surface area (Å²) < 4.78 is 0. The molecule has 1 aromatic heterocycles. The third-order valence-electron chi connectivity index (χ3n) is 2.10. The van der Waals surface area contributed by atoms with Crippen molar-refractivity contribution in [1.82, 2.24) is 4.98 Å². The number of benzene rings is 1. The van der Waals surface area contributed by atoms with Gasteiger partial charge in [0.15, 0.2) is 0 Å². The number of hydrogen-bond donors (Lipinski definition) is 2. The van der Waals surface area contributed by atoms with E-state index in [0.717, 1.165) is 22.2 Å². The zero-order valence-corrected chi connectivity index (χ0v) is 8.47. The molecular weight excluding hydrogens is 198 g/mol. The molecule has 0 saturated heterocycles. The van der Waals surface area contributed by atoms with E-state index in [9.17, 15) is 0 Å². The first kappa shape index (κ1) is 9.24. The highest BCUT2D eigenvalue weighted by atomic mass is 35.5. The molecule has 2 aromatic rings. The molecule has 0 spiro atoms. The number of nitrogens with two attached hydrogens (primary N) is 1. The highest BCUT2D eigenvalue weighted by molar-refractivity contribution is 6.35. The predicted molar refractivity (Wildman–Crippen MR) is 59.3 cm³/mol. The van der Waals surface area contributed by atoms with Crippen molar-refractivity contribution in [3.63, 3.8) is 0 Å². The lowest BCUT2D eigenvalue weighted by molar-refractivity contribution is 1.33. The number of halogens is 1. The smallest absolute Gasteiger partial charge is 0.0909 e. The average Bonchev–Trinajstić information content (AvgIpc) is 2.17. The minimum absolute atomic E-state index is 0.650. The molecule has 4 heteroatoms. The molecular formula is C10H10ClN3. The van der Waals surface area contributed by atoms with Gasteiger partial charge in [0, 0.05) is 11.6 Å². The van der Waals surface area contributed by atoms with Crippen molar-refractivity contribution >= 4 is 28.2 Å². The van der Waals surface area contributed by atoms with Crippen LogP contribution in [-0.4, -0.2) is 4.98 Å². The van der Waals surface area contributed by atoms with E-state index in [4.69, 9.17) is 17.4 Å². The number of nitrogens with zero attached hydrogens (tertiary/aromatic N) is 1. The van der Waals surface area contributed by atoms with E-state index in [1.54, 1.807) is 6.20 Å². The SMILES string of the molecule is Cc1cc(Cl)c2nccc(NN)c2c1. The van der Waals surface area contributed by atoms with Crippen molar-refractivity contribution in [1.29, 1.82) is 0 Å².